The van der Waals surface area contributed by atoms with Crippen molar-refractivity contribution >= 4 is 11.3 Å². The highest BCUT2D eigenvalue weighted by Gasteiger charge is 2.39. The summed E-state index contributed by atoms with van der Waals surface area (Å²) >= 11 is 0. The second-order valence-corrected chi connectivity index (χ2v) is 8.97. The van der Waals surface area contributed by atoms with E-state index in [0.29, 0.717) is 17.1 Å². The van der Waals surface area contributed by atoms with E-state index in [-0.39, 0.29) is 18.8 Å². The van der Waals surface area contributed by atoms with Crippen LogP contribution in [0.3, 0.4) is 0 Å². The lowest BCUT2D eigenvalue weighted by molar-refractivity contribution is -0.137. The highest BCUT2D eigenvalue weighted by atomic mass is 19.4. The number of hydrogen-bond donors (Lipinski definition) is 1. The van der Waals surface area contributed by atoms with Crippen LogP contribution in [0.5, 0.6) is 11.5 Å². The molecule has 3 aromatic rings. The summed E-state index contributed by atoms with van der Waals surface area (Å²) in [6.07, 6.45) is -4.52. The van der Waals surface area contributed by atoms with Gasteiger partial charge in [-0.15, -0.1) is 0 Å². The number of anilines is 1. The average molecular weight is 454 g/mol. The molecule has 1 heterocycles. The molecule has 0 radical (unpaired) electrons. The molecule has 0 unspecified atom stereocenters. The zero-order chi connectivity index (χ0) is 23.8. The molecule has 0 aromatic heterocycles. The number of β-amino-alcohol motifs (C(OH)–C–C–N with tert-alkyl or cyclic N) is 1. The Morgan fingerprint density at radius 2 is 1.58 bits per heavy atom. The molecule has 0 saturated carbocycles. The van der Waals surface area contributed by atoms with Gasteiger partial charge >= 0.3 is 6.18 Å². The molecule has 0 spiro atoms. The van der Waals surface area contributed by atoms with Gasteiger partial charge in [0, 0.05) is 18.7 Å². The number of para-hydroxylation sites is 2. The molecule has 3 nitrogen and oxygen atoms in total. The fourth-order valence-corrected chi connectivity index (χ4v) is 4.33. The fraction of sp³-hybridized carbons (Fsp3) is 0.259. The molecule has 0 saturated heterocycles. The molecule has 1 aliphatic rings. The molecule has 0 bridgehead atoms. The van der Waals surface area contributed by atoms with E-state index >= 15 is 0 Å². The summed E-state index contributed by atoms with van der Waals surface area (Å²) in [5.74, 6) is 1.28. The van der Waals surface area contributed by atoms with Gasteiger partial charge in [-0.3, -0.25) is 0 Å². The molecule has 1 N–H and O–H groups in total. The number of ether oxygens (including phenoxy) is 1. The number of alkyl halides is 3. The molecule has 6 heteroatoms. The van der Waals surface area contributed by atoms with Gasteiger partial charge in [-0.25, -0.2) is 0 Å². The molecule has 0 atom stereocenters. The topological polar surface area (TPSA) is 32.7 Å². The second-order valence-electron chi connectivity index (χ2n) is 8.97. The van der Waals surface area contributed by atoms with E-state index in [1.165, 1.54) is 6.07 Å². The van der Waals surface area contributed by atoms with Gasteiger partial charge in [-0.05, 0) is 67.8 Å². The monoisotopic (exact) mass is 453 g/mol. The minimum atomic E-state index is -4.52. The summed E-state index contributed by atoms with van der Waals surface area (Å²) in [4.78, 5) is 1.63. The van der Waals surface area contributed by atoms with Crippen molar-refractivity contribution < 1.29 is 23.0 Å². The van der Waals surface area contributed by atoms with Crippen LogP contribution in [-0.4, -0.2) is 23.8 Å². The third-order valence-corrected chi connectivity index (χ3v) is 5.46. The van der Waals surface area contributed by atoms with Crippen LogP contribution in [0.15, 0.2) is 78.4 Å². The summed E-state index contributed by atoms with van der Waals surface area (Å²) < 4.78 is 47.9. The number of rotatable bonds is 5. The molecular weight excluding hydrogens is 427 g/mol. The quantitative estimate of drug-likeness (QED) is 0.456. The van der Waals surface area contributed by atoms with Gasteiger partial charge in [-0.1, -0.05) is 42.5 Å². The van der Waals surface area contributed by atoms with E-state index in [1.54, 1.807) is 24.8 Å². The second kappa shape index (κ2) is 8.60. The van der Waals surface area contributed by atoms with E-state index in [0.717, 1.165) is 22.8 Å². The number of benzene rings is 3. The van der Waals surface area contributed by atoms with Crippen molar-refractivity contribution in [3.63, 3.8) is 0 Å². The molecule has 0 amide bonds. The number of fused-ring (bicyclic) bond motifs is 1. The van der Waals surface area contributed by atoms with E-state index < -0.39 is 17.3 Å². The van der Waals surface area contributed by atoms with Gasteiger partial charge in [0.15, 0.2) is 0 Å². The van der Waals surface area contributed by atoms with Crippen molar-refractivity contribution in [1.29, 1.82) is 0 Å². The molecular formula is C27H26F3NO2. The number of hydrogen-bond acceptors (Lipinski definition) is 3. The Hall–Kier alpha value is -3.25. The maximum atomic E-state index is 14.0. The summed E-state index contributed by atoms with van der Waals surface area (Å²) in [6, 6.07) is 21.0. The van der Waals surface area contributed by atoms with Crippen molar-refractivity contribution in [1.82, 2.24) is 0 Å². The van der Waals surface area contributed by atoms with Crippen LogP contribution in [-0.2, 0) is 6.18 Å². The van der Waals surface area contributed by atoms with Crippen molar-refractivity contribution in [3.05, 3.63) is 95.1 Å². The van der Waals surface area contributed by atoms with E-state index in [9.17, 15) is 18.3 Å². The SMILES string of the molecule is CC1=C(c2cccc(Oc3ccccc3)c2)c2cccc(C(F)(F)F)c2N(CC(C)(C)O)C1. The number of nitrogens with zero attached hydrogens (tertiary/aromatic N) is 1. The minimum absolute atomic E-state index is 0.0782. The van der Waals surface area contributed by atoms with Gasteiger partial charge in [-0.2, -0.15) is 13.2 Å². The lowest BCUT2D eigenvalue weighted by Crippen LogP contribution is -2.42. The Balaban J connectivity index is 1.83. The Bertz CT molecular complexity index is 1180. The predicted molar refractivity (Wildman–Crippen MR) is 125 cm³/mol. The first-order chi connectivity index (χ1) is 15.5. The van der Waals surface area contributed by atoms with Crippen molar-refractivity contribution in [3.8, 4) is 11.5 Å². The summed E-state index contributed by atoms with van der Waals surface area (Å²) in [5.41, 5.74) is 1.19. The maximum absolute atomic E-state index is 14.0. The maximum Gasteiger partial charge on any atom is 0.418 e. The third-order valence-electron chi connectivity index (χ3n) is 5.46. The first kappa shape index (κ1) is 22.9. The molecule has 3 aromatic carbocycles. The van der Waals surface area contributed by atoms with E-state index in [1.807, 2.05) is 61.5 Å². The van der Waals surface area contributed by atoms with Crippen LogP contribution in [0, 0.1) is 0 Å². The Kier molecular flexibility index (Phi) is 5.97. The zero-order valence-corrected chi connectivity index (χ0v) is 18.8. The highest BCUT2D eigenvalue weighted by molar-refractivity contribution is 5.92. The number of aliphatic hydroxyl groups is 1. The molecule has 0 aliphatic carbocycles. The molecule has 33 heavy (non-hydrogen) atoms. The van der Waals surface area contributed by atoms with Crippen molar-refractivity contribution in [2.75, 3.05) is 18.0 Å². The average Bonchev–Trinajstić information content (AvgIpc) is 2.72. The van der Waals surface area contributed by atoms with Gasteiger partial charge in [0.05, 0.1) is 16.9 Å². The van der Waals surface area contributed by atoms with Crippen LogP contribution in [0.1, 0.15) is 37.5 Å². The number of halogens is 3. The van der Waals surface area contributed by atoms with Crippen molar-refractivity contribution in [2.24, 2.45) is 0 Å². The van der Waals surface area contributed by atoms with Gasteiger partial charge in [0.25, 0.3) is 0 Å². The van der Waals surface area contributed by atoms with Crippen LogP contribution in [0.2, 0.25) is 0 Å². The predicted octanol–water partition coefficient (Wildman–Crippen LogP) is 6.91. The zero-order valence-electron chi connectivity index (χ0n) is 18.8. The molecule has 1 aliphatic heterocycles. The summed E-state index contributed by atoms with van der Waals surface area (Å²) in [6.45, 7) is 5.47. The highest BCUT2D eigenvalue weighted by Crippen LogP contribution is 2.46. The van der Waals surface area contributed by atoms with Crippen molar-refractivity contribution in [2.45, 2.75) is 32.5 Å². The van der Waals surface area contributed by atoms with Gasteiger partial charge in [0.1, 0.15) is 11.5 Å². The summed E-state index contributed by atoms with van der Waals surface area (Å²) in [5, 5.41) is 10.4. The van der Waals surface area contributed by atoms with Crippen LogP contribution >= 0.6 is 0 Å². The Morgan fingerprint density at radius 3 is 2.24 bits per heavy atom. The van der Waals surface area contributed by atoms with Gasteiger partial charge < -0.3 is 14.7 Å². The first-order valence-corrected chi connectivity index (χ1v) is 10.7. The molecule has 4 rings (SSSR count). The van der Waals surface area contributed by atoms with E-state index in [2.05, 4.69) is 0 Å². The minimum Gasteiger partial charge on any atom is -0.457 e. The van der Waals surface area contributed by atoms with Gasteiger partial charge in [0.2, 0.25) is 0 Å². The Labute approximate surface area is 191 Å². The molecule has 172 valence electrons. The Morgan fingerprint density at radius 1 is 0.909 bits per heavy atom. The smallest absolute Gasteiger partial charge is 0.418 e. The first-order valence-electron chi connectivity index (χ1n) is 10.7. The third kappa shape index (κ3) is 5.06. The normalized spacial score (nSPS) is 14.3. The largest absolute Gasteiger partial charge is 0.457 e. The fourth-order valence-electron chi connectivity index (χ4n) is 4.33. The van der Waals surface area contributed by atoms with E-state index in [4.69, 9.17) is 4.74 Å². The lowest BCUT2D eigenvalue weighted by atomic mass is 9.86. The van der Waals surface area contributed by atoms with Crippen LogP contribution < -0.4 is 9.64 Å². The molecule has 0 fully saturated rings. The summed E-state index contributed by atoms with van der Waals surface area (Å²) in [7, 11) is 0. The van der Waals surface area contributed by atoms with Crippen LogP contribution in [0.4, 0.5) is 18.9 Å². The lowest BCUT2D eigenvalue weighted by Gasteiger charge is -2.38. The van der Waals surface area contributed by atoms with Crippen LogP contribution in [0.25, 0.3) is 5.57 Å². The standard InChI is InChI=1S/C27H26F3NO2/c1-18-16-31(17-26(2,3)32)25-22(13-8-14-23(25)27(28,29)30)24(18)19-9-7-12-21(15-19)33-20-10-5-4-6-11-20/h4-15,32H,16-17H2,1-3H3.